The Morgan fingerprint density at radius 3 is 2.33 bits per heavy atom. The minimum Gasteiger partial charge on any atom is -0.508 e. The molecule has 1 amide bonds. The summed E-state index contributed by atoms with van der Waals surface area (Å²) in [6, 6.07) is 0.891. The van der Waals surface area contributed by atoms with E-state index in [4.69, 9.17) is 5.73 Å². The third kappa shape index (κ3) is 4.53. The minimum absolute atomic E-state index is 0.0668. The van der Waals surface area contributed by atoms with Gasteiger partial charge in [0.05, 0.1) is 11.6 Å². The van der Waals surface area contributed by atoms with Gasteiger partial charge in [0.1, 0.15) is 22.8 Å². The summed E-state index contributed by atoms with van der Waals surface area (Å²) in [5.74, 6) is -6.20. The summed E-state index contributed by atoms with van der Waals surface area (Å²) in [5.41, 5.74) is 4.49. The molecule has 0 aliphatic heterocycles. The Bertz CT molecular complexity index is 1350. The number of Topliss-reactive ketones (excluding diaryl/α,β-unsaturated/α-hetero) is 2. The highest BCUT2D eigenvalue weighted by atomic mass is 16.3. The van der Waals surface area contributed by atoms with Crippen LogP contribution in [-0.4, -0.2) is 68.5 Å². The number of aryl methyl sites for hydroxylation is 1. The molecule has 0 spiro atoms. The number of primary amides is 1. The molecule has 1 fully saturated rings. The fraction of sp³-hybridized carbons (Fsp3) is 0.581. The van der Waals surface area contributed by atoms with E-state index < -0.39 is 58.0 Å². The molecule has 40 heavy (non-hydrogen) atoms. The number of amides is 1. The van der Waals surface area contributed by atoms with E-state index in [2.05, 4.69) is 20.8 Å². The molecule has 0 heterocycles. The second kappa shape index (κ2) is 10.0. The second-order valence-corrected chi connectivity index (χ2v) is 13.4. The number of phenolic OH excluding ortho intramolecular Hbond substituents is 1. The lowest BCUT2D eigenvalue weighted by Gasteiger charge is -2.50. The highest BCUT2D eigenvalue weighted by Gasteiger charge is 2.64. The van der Waals surface area contributed by atoms with Crippen LogP contribution in [0.3, 0.4) is 0 Å². The SMILES string of the molecule is CC(C)c1cc(CCCC(C)(C)C)c(O)c2c1C[C@H]1C[C@H]3[C@H](N(C)C)C(=O)C(C(N)=O)=C(O)[C@@]3(O)C(=O)C1=C2O. The Morgan fingerprint density at radius 1 is 1.18 bits per heavy atom. The molecule has 3 aliphatic rings. The monoisotopic (exact) mass is 554 g/mol. The van der Waals surface area contributed by atoms with Crippen molar-refractivity contribution in [1.29, 1.82) is 0 Å². The van der Waals surface area contributed by atoms with Crippen LogP contribution in [0.15, 0.2) is 23.0 Å². The number of ketones is 2. The van der Waals surface area contributed by atoms with Crippen LogP contribution in [0.1, 0.15) is 82.1 Å². The molecule has 0 saturated heterocycles. The molecular weight excluding hydrogens is 512 g/mol. The van der Waals surface area contributed by atoms with Gasteiger partial charge in [0, 0.05) is 11.5 Å². The van der Waals surface area contributed by atoms with Gasteiger partial charge < -0.3 is 26.2 Å². The number of likely N-dealkylation sites (N-methyl/N-ethyl adjacent to an activating group) is 1. The smallest absolute Gasteiger partial charge is 0.255 e. The van der Waals surface area contributed by atoms with Crippen molar-refractivity contribution in [1.82, 2.24) is 4.90 Å². The molecule has 1 saturated carbocycles. The molecule has 1 aromatic rings. The van der Waals surface area contributed by atoms with Crippen molar-refractivity contribution < 1.29 is 34.8 Å². The van der Waals surface area contributed by atoms with Gasteiger partial charge in [0.2, 0.25) is 5.78 Å². The lowest BCUT2D eigenvalue weighted by Crippen LogP contribution is -2.65. The summed E-state index contributed by atoms with van der Waals surface area (Å²) in [6.45, 7) is 10.5. The lowest BCUT2D eigenvalue weighted by molar-refractivity contribution is -0.153. The van der Waals surface area contributed by atoms with Gasteiger partial charge in [-0.1, -0.05) is 40.7 Å². The zero-order valence-electron chi connectivity index (χ0n) is 24.5. The molecule has 1 aromatic carbocycles. The van der Waals surface area contributed by atoms with Gasteiger partial charge in [-0.2, -0.15) is 0 Å². The maximum Gasteiger partial charge on any atom is 0.255 e. The van der Waals surface area contributed by atoms with E-state index in [-0.39, 0.29) is 34.6 Å². The Kier molecular flexibility index (Phi) is 7.47. The summed E-state index contributed by atoms with van der Waals surface area (Å²) >= 11 is 0. The fourth-order valence-corrected chi connectivity index (χ4v) is 6.91. The number of nitrogens with two attached hydrogens (primary N) is 1. The molecule has 0 aromatic heterocycles. The molecule has 0 radical (unpaired) electrons. The molecule has 4 rings (SSSR count). The van der Waals surface area contributed by atoms with Crippen molar-refractivity contribution in [3.05, 3.63) is 45.2 Å². The van der Waals surface area contributed by atoms with Gasteiger partial charge >= 0.3 is 0 Å². The number of aromatic hydroxyl groups is 1. The van der Waals surface area contributed by atoms with Gasteiger partial charge in [-0.3, -0.25) is 19.3 Å². The predicted octanol–water partition coefficient (Wildman–Crippen LogP) is 3.46. The first-order valence-corrected chi connectivity index (χ1v) is 14.0. The molecule has 6 N–H and O–H groups in total. The van der Waals surface area contributed by atoms with Crippen molar-refractivity contribution in [2.45, 2.75) is 84.3 Å². The molecule has 9 heteroatoms. The molecule has 0 unspecified atom stereocenters. The van der Waals surface area contributed by atoms with E-state index in [0.29, 0.717) is 18.4 Å². The zero-order chi connectivity index (χ0) is 30.1. The Morgan fingerprint density at radius 2 is 1.80 bits per heavy atom. The van der Waals surface area contributed by atoms with Crippen molar-refractivity contribution in [3.8, 4) is 5.75 Å². The normalized spacial score (nSPS) is 26.8. The molecule has 3 aliphatic carbocycles. The Labute approximate surface area is 235 Å². The molecular formula is C31H42N2O7. The first-order valence-electron chi connectivity index (χ1n) is 14.0. The average Bonchev–Trinajstić information content (AvgIpc) is 2.81. The number of carbonyl (C=O) groups is 3. The van der Waals surface area contributed by atoms with Gasteiger partial charge in [0.15, 0.2) is 11.4 Å². The number of aliphatic hydroxyl groups excluding tert-OH is 2. The minimum atomic E-state index is -2.63. The Hall–Kier alpha value is -3.17. The van der Waals surface area contributed by atoms with Crippen LogP contribution in [0.5, 0.6) is 5.75 Å². The lowest BCUT2D eigenvalue weighted by atomic mass is 9.57. The number of hydrogen-bond acceptors (Lipinski definition) is 8. The first kappa shape index (κ1) is 29.8. The van der Waals surface area contributed by atoms with Crippen LogP contribution < -0.4 is 5.73 Å². The van der Waals surface area contributed by atoms with Crippen molar-refractivity contribution in [3.63, 3.8) is 0 Å². The number of carbonyl (C=O) groups excluding carboxylic acids is 3. The standard InChI is InChI=1S/C31H42N2O7/c1-14(2)17-11-15(9-8-10-30(3,4)5)24(34)21-18(17)12-16-13-19-23(33(6)7)26(36)22(29(32)39)28(38)31(19,40)27(37)20(16)25(21)35/h11,14,16,19,23,34-35,38,40H,8-10,12-13H2,1-7H3,(H2,32,39)/t16-,19-,23-,31-/m0/s1. The van der Waals surface area contributed by atoms with Gasteiger partial charge in [0.25, 0.3) is 5.91 Å². The maximum atomic E-state index is 14.1. The largest absolute Gasteiger partial charge is 0.508 e. The number of hydrogen-bond donors (Lipinski definition) is 5. The number of nitrogens with zero attached hydrogens (tertiary/aromatic N) is 1. The van der Waals surface area contributed by atoms with E-state index in [1.54, 1.807) is 14.1 Å². The molecule has 9 nitrogen and oxygen atoms in total. The Balaban J connectivity index is 1.91. The quantitative estimate of drug-likeness (QED) is 0.334. The van der Waals surface area contributed by atoms with Crippen LogP contribution in [0.25, 0.3) is 5.76 Å². The zero-order valence-corrected chi connectivity index (χ0v) is 24.5. The van der Waals surface area contributed by atoms with E-state index in [1.807, 2.05) is 19.9 Å². The predicted molar refractivity (Wildman–Crippen MR) is 151 cm³/mol. The number of benzene rings is 1. The van der Waals surface area contributed by atoms with Gasteiger partial charge in [-0.25, -0.2) is 0 Å². The average molecular weight is 555 g/mol. The first-order chi connectivity index (χ1) is 18.4. The van der Waals surface area contributed by atoms with Crippen molar-refractivity contribution >= 4 is 23.2 Å². The van der Waals surface area contributed by atoms with Crippen molar-refractivity contribution in [2.24, 2.45) is 23.0 Å². The maximum absolute atomic E-state index is 14.1. The molecule has 0 bridgehead atoms. The third-order valence-corrected chi connectivity index (χ3v) is 8.83. The van der Waals surface area contributed by atoms with Crippen LogP contribution >= 0.6 is 0 Å². The van der Waals surface area contributed by atoms with E-state index in [0.717, 1.165) is 24.0 Å². The fourth-order valence-electron chi connectivity index (χ4n) is 6.91. The van der Waals surface area contributed by atoms with E-state index >= 15 is 0 Å². The number of aliphatic hydroxyl groups is 3. The number of fused-ring (bicyclic) bond motifs is 3. The van der Waals surface area contributed by atoms with E-state index in [1.165, 1.54) is 4.90 Å². The summed E-state index contributed by atoms with van der Waals surface area (Å²) in [6.07, 6.45) is 2.72. The summed E-state index contributed by atoms with van der Waals surface area (Å²) < 4.78 is 0. The molecule has 4 atom stereocenters. The number of rotatable bonds is 6. The summed E-state index contributed by atoms with van der Waals surface area (Å²) in [5, 5.41) is 45.8. The van der Waals surface area contributed by atoms with Gasteiger partial charge in [-0.05, 0) is 80.1 Å². The third-order valence-electron chi connectivity index (χ3n) is 8.83. The topological polar surface area (TPSA) is 161 Å². The summed E-state index contributed by atoms with van der Waals surface area (Å²) in [4.78, 5) is 41.0. The van der Waals surface area contributed by atoms with E-state index in [9.17, 15) is 34.8 Å². The summed E-state index contributed by atoms with van der Waals surface area (Å²) in [7, 11) is 3.17. The van der Waals surface area contributed by atoms with Crippen molar-refractivity contribution in [2.75, 3.05) is 14.1 Å². The molecule has 218 valence electrons. The van der Waals surface area contributed by atoms with Gasteiger partial charge in [-0.15, -0.1) is 0 Å². The number of phenols is 1. The van der Waals surface area contributed by atoms with Crippen LogP contribution in [-0.2, 0) is 27.2 Å². The second-order valence-electron chi connectivity index (χ2n) is 13.4. The van der Waals surface area contributed by atoms with Crippen LogP contribution in [0.2, 0.25) is 0 Å². The van der Waals surface area contributed by atoms with Crippen LogP contribution in [0, 0.1) is 17.3 Å². The van der Waals surface area contributed by atoms with Crippen LogP contribution in [0.4, 0.5) is 0 Å². The highest BCUT2D eigenvalue weighted by Crippen LogP contribution is 2.53. The highest BCUT2D eigenvalue weighted by molar-refractivity contribution is 6.24.